The van der Waals surface area contributed by atoms with E-state index in [-0.39, 0.29) is 0 Å². The van der Waals surface area contributed by atoms with E-state index in [0.717, 1.165) is 12.5 Å². The summed E-state index contributed by atoms with van der Waals surface area (Å²) >= 11 is 0. The van der Waals surface area contributed by atoms with Crippen molar-refractivity contribution in [2.75, 3.05) is 6.61 Å². The summed E-state index contributed by atoms with van der Waals surface area (Å²) in [5.41, 5.74) is 0. The molecule has 1 heteroatoms. The Morgan fingerprint density at radius 2 is 2.00 bits per heavy atom. The van der Waals surface area contributed by atoms with E-state index in [1.807, 2.05) is 0 Å². The van der Waals surface area contributed by atoms with E-state index in [0.29, 0.717) is 6.10 Å². The van der Waals surface area contributed by atoms with Gasteiger partial charge in [0.15, 0.2) is 0 Å². The summed E-state index contributed by atoms with van der Waals surface area (Å²) in [4.78, 5) is 0. The van der Waals surface area contributed by atoms with Gasteiger partial charge in [0.2, 0.25) is 0 Å². The second-order valence-corrected chi connectivity index (χ2v) is 2.92. The van der Waals surface area contributed by atoms with Crippen LogP contribution in [0.15, 0.2) is 0 Å². The minimum absolute atomic E-state index is 0.684. The van der Waals surface area contributed by atoms with Crippen molar-refractivity contribution in [1.29, 1.82) is 0 Å². The Hall–Kier alpha value is -0.0400. The van der Waals surface area contributed by atoms with E-state index < -0.39 is 0 Å². The first-order valence-corrected chi connectivity index (χ1v) is 3.58. The van der Waals surface area contributed by atoms with Crippen LogP contribution in [0.2, 0.25) is 0 Å². The topological polar surface area (TPSA) is 9.23 Å². The molecule has 1 saturated carbocycles. The third kappa shape index (κ3) is 0.576. The number of hydrogen-bond donors (Lipinski definition) is 0. The van der Waals surface area contributed by atoms with Crippen molar-refractivity contribution >= 4 is 0 Å². The van der Waals surface area contributed by atoms with Crippen LogP contribution in [0.1, 0.15) is 25.7 Å². The molecular weight excluding hydrogens is 100 g/mol. The highest BCUT2D eigenvalue weighted by atomic mass is 16.5. The summed E-state index contributed by atoms with van der Waals surface area (Å²) in [6, 6.07) is 0. The first-order chi connectivity index (χ1) is 3.97. The van der Waals surface area contributed by atoms with Gasteiger partial charge in [-0.1, -0.05) is 12.8 Å². The smallest absolute Gasteiger partial charge is 0.0625 e. The minimum Gasteiger partial charge on any atom is -0.377 e. The van der Waals surface area contributed by atoms with Crippen molar-refractivity contribution in [1.82, 2.24) is 0 Å². The zero-order chi connectivity index (χ0) is 5.40. The molecule has 2 fully saturated rings. The van der Waals surface area contributed by atoms with Crippen LogP contribution in [0.25, 0.3) is 0 Å². The minimum atomic E-state index is 0.684. The molecule has 8 heavy (non-hydrogen) atoms. The van der Waals surface area contributed by atoms with E-state index in [4.69, 9.17) is 4.74 Å². The van der Waals surface area contributed by atoms with Gasteiger partial charge in [0.1, 0.15) is 0 Å². The molecule has 1 heterocycles. The zero-order valence-electron chi connectivity index (χ0n) is 5.10. The van der Waals surface area contributed by atoms with Crippen LogP contribution in [0.4, 0.5) is 0 Å². The molecule has 0 unspecified atom stereocenters. The summed E-state index contributed by atoms with van der Waals surface area (Å²) in [6.07, 6.45) is 6.31. The monoisotopic (exact) mass is 112 g/mol. The van der Waals surface area contributed by atoms with Crippen LogP contribution in [0.3, 0.4) is 0 Å². The van der Waals surface area contributed by atoms with E-state index in [1.54, 1.807) is 0 Å². The lowest BCUT2D eigenvalue weighted by Crippen LogP contribution is -2.41. The molecule has 2 rings (SSSR count). The Bertz CT molecular complexity index is 78.4. The normalized spacial score (nSPS) is 45.0. The first kappa shape index (κ1) is 4.80. The zero-order valence-corrected chi connectivity index (χ0v) is 5.10. The molecule has 46 valence electrons. The van der Waals surface area contributed by atoms with Gasteiger partial charge in [-0.2, -0.15) is 0 Å². The van der Waals surface area contributed by atoms with Crippen molar-refractivity contribution in [2.45, 2.75) is 31.8 Å². The quantitative estimate of drug-likeness (QED) is 0.462. The summed E-state index contributed by atoms with van der Waals surface area (Å²) in [5, 5.41) is 0. The maximum atomic E-state index is 5.33. The molecule has 2 atom stereocenters. The van der Waals surface area contributed by atoms with Crippen molar-refractivity contribution in [3.63, 3.8) is 0 Å². The molecule has 1 saturated heterocycles. The maximum absolute atomic E-state index is 5.33. The fourth-order valence-corrected chi connectivity index (χ4v) is 1.71. The summed E-state index contributed by atoms with van der Waals surface area (Å²) in [6.45, 7) is 1.06. The third-order valence-corrected chi connectivity index (χ3v) is 2.36. The van der Waals surface area contributed by atoms with Gasteiger partial charge in [0.05, 0.1) is 12.7 Å². The molecule has 0 aromatic carbocycles. The van der Waals surface area contributed by atoms with Crippen LogP contribution in [0.5, 0.6) is 0 Å². The van der Waals surface area contributed by atoms with Crippen LogP contribution in [0, 0.1) is 5.92 Å². The number of rotatable bonds is 0. The Morgan fingerprint density at radius 1 is 1.12 bits per heavy atom. The Labute approximate surface area is 50.0 Å². The van der Waals surface area contributed by atoms with Gasteiger partial charge in [-0.05, 0) is 12.8 Å². The lowest BCUT2D eigenvalue weighted by atomic mass is 9.83. The van der Waals surface area contributed by atoms with E-state index in [2.05, 4.69) is 0 Å². The third-order valence-electron chi connectivity index (χ3n) is 2.36. The Balaban J connectivity index is 1.92. The fourth-order valence-electron chi connectivity index (χ4n) is 1.71. The fraction of sp³-hybridized carbons (Fsp3) is 1.00. The number of fused-ring (bicyclic) bond motifs is 1. The average Bonchev–Trinajstić information content (AvgIpc) is 1.72. The molecule has 0 radical (unpaired) electrons. The molecular formula is C7H12O. The van der Waals surface area contributed by atoms with Crippen molar-refractivity contribution in [3.8, 4) is 0 Å². The molecule has 0 aromatic rings. The van der Waals surface area contributed by atoms with Crippen molar-refractivity contribution in [2.24, 2.45) is 5.92 Å². The van der Waals surface area contributed by atoms with E-state index in [9.17, 15) is 0 Å². The number of ether oxygens (including phenoxy) is 1. The lowest BCUT2D eigenvalue weighted by molar-refractivity contribution is -0.133. The predicted octanol–water partition coefficient (Wildman–Crippen LogP) is 1.58. The molecule has 0 aromatic heterocycles. The van der Waals surface area contributed by atoms with Gasteiger partial charge < -0.3 is 4.74 Å². The Kier molecular flexibility index (Phi) is 1.04. The SMILES string of the molecule is C1CC[C@H]2OC[C@H]2C1. The molecule has 0 spiro atoms. The molecule has 1 aliphatic heterocycles. The summed E-state index contributed by atoms with van der Waals surface area (Å²) in [5.74, 6) is 0.962. The molecule has 0 bridgehead atoms. The van der Waals surface area contributed by atoms with Gasteiger partial charge in [0, 0.05) is 5.92 Å². The molecule has 0 amide bonds. The largest absolute Gasteiger partial charge is 0.377 e. The van der Waals surface area contributed by atoms with Crippen LogP contribution in [-0.2, 0) is 4.74 Å². The van der Waals surface area contributed by atoms with Gasteiger partial charge in [-0.3, -0.25) is 0 Å². The second-order valence-electron chi connectivity index (χ2n) is 2.92. The summed E-state index contributed by atoms with van der Waals surface area (Å²) in [7, 11) is 0. The molecule has 0 N–H and O–H groups in total. The average molecular weight is 112 g/mol. The standard InChI is InChI=1S/C7H12O/c1-2-4-7-6(3-1)5-8-7/h6-7H,1-5H2/t6-,7-/m1/s1. The van der Waals surface area contributed by atoms with Gasteiger partial charge in [-0.25, -0.2) is 0 Å². The Morgan fingerprint density at radius 3 is 2.38 bits per heavy atom. The van der Waals surface area contributed by atoms with Crippen LogP contribution < -0.4 is 0 Å². The highest BCUT2D eigenvalue weighted by Crippen LogP contribution is 2.33. The van der Waals surface area contributed by atoms with Gasteiger partial charge >= 0.3 is 0 Å². The predicted molar refractivity (Wildman–Crippen MR) is 31.7 cm³/mol. The highest BCUT2D eigenvalue weighted by Gasteiger charge is 2.33. The maximum Gasteiger partial charge on any atom is 0.0625 e. The van der Waals surface area contributed by atoms with E-state index >= 15 is 0 Å². The molecule has 1 nitrogen and oxygen atoms in total. The van der Waals surface area contributed by atoms with Crippen LogP contribution in [-0.4, -0.2) is 12.7 Å². The van der Waals surface area contributed by atoms with Gasteiger partial charge in [-0.15, -0.1) is 0 Å². The van der Waals surface area contributed by atoms with Crippen molar-refractivity contribution < 1.29 is 4.74 Å². The van der Waals surface area contributed by atoms with Gasteiger partial charge in [0.25, 0.3) is 0 Å². The van der Waals surface area contributed by atoms with E-state index in [1.165, 1.54) is 25.7 Å². The first-order valence-electron chi connectivity index (χ1n) is 3.58. The highest BCUT2D eigenvalue weighted by molar-refractivity contribution is 4.82. The molecule has 2 aliphatic rings. The second kappa shape index (κ2) is 1.73. The van der Waals surface area contributed by atoms with Crippen LogP contribution >= 0.6 is 0 Å². The lowest BCUT2D eigenvalue weighted by Gasteiger charge is -2.40. The van der Waals surface area contributed by atoms with Crippen molar-refractivity contribution in [3.05, 3.63) is 0 Å². The molecule has 1 aliphatic carbocycles. The number of hydrogen-bond acceptors (Lipinski definition) is 1. The summed E-state index contributed by atoms with van der Waals surface area (Å²) < 4.78 is 5.33.